The van der Waals surface area contributed by atoms with Gasteiger partial charge in [-0.15, -0.1) is 0 Å². The molecule has 1 aromatic rings. The molecule has 0 saturated heterocycles. The van der Waals surface area contributed by atoms with Gasteiger partial charge < -0.3 is 10.4 Å². The number of nitrogens with one attached hydrogen (secondary N) is 1. The highest BCUT2D eigenvalue weighted by Crippen LogP contribution is 2.42. The Bertz CT molecular complexity index is 527. The van der Waals surface area contributed by atoms with Crippen molar-refractivity contribution >= 4 is 33.5 Å². The summed E-state index contributed by atoms with van der Waals surface area (Å²) in [6, 6.07) is 3.51. The molecule has 6 heteroatoms. The fraction of sp³-hybridized carbons (Fsp3) is 0.533. The summed E-state index contributed by atoms with van der Waals surface area (Å²) in [6.45, 7) is 0. The zero-order valence-electron chi connectivity index (χ0n) is 11.8. The Morgan fingerprint density at radius 3 is 2.62 bits per heavy atom. The second kappa shape index (κ2) is 7.02. The van der Waals surface area contributed by atoms with Gasteiger partial charge in [-0.05, 0) is 46.3 Å². The summed E-state index contributed by atoms with van der Waals surface area (Å²) in [5, 5.41) is 11.9. The molecule has 1 fully saturated rings. The second-order valence-corrected chi connectivity index (χ2v) is 6.45. The lowest BCUT2D eigenvalue weighted by Gasteiger charge is -2.35. The summed E-state index contributed by atoms with van der Waals surface area (Å²) in [6.07, 6.45) is 6.68. The predicted molar refractivity (Wildman–Crippen MR) is 83.0 cm³/mol. The minimum absolute atomic E-state index is 0.0641. The molecule has 0 aromatic carbocycles. The molecule has 0 unspecified atom stereocenters. The highest BCUT2D eigenvalue weighted by atomic mass is 79.9. The molecule has 2 N–H and O–H groups in total. The third kappa shape index (κ3) is 4.52. The van der Waals surface area contributed by atoms with Crippen LogP contribution in [-0.4, -0.2) is 22.0 Å². The molecule has 1 aliphatic carbocycles. The summed E-state index contributed by atoms with van der Waals surface area (Å²) in [4.78, 5) is 27.4. The van der Waals surface area contributed by atoms with Crippen molar-refractivity contribution in [3.63, 3.8) is 0 Å². The maximum Gasteiger partial charge on any atom is 0.303 e. The standard InChI is InChI=1S/C15H19BrN2O3/c16-14-11(5-4-8-17-14)18-12(19)9-15(10-13(20)21)6-2-1-3-7-15/h4-5,8H,1-3,6-7,9-10H2,(H,18,19)(H,20,21). The van der Waals surface area contributed by atoms with Crippen LogP contribution in [0.3, 0.4) is 0 Å². The quantitative estimate of drug-likeness (QED) is 0.791. The number of pyridine rings is 1. The lowest BCUT2D eigenvalue weighted by atomic mass is 9.69. The Balaban J connectivity index is 2.04. The van der Waals surface area contributed by atoms with Crippen LogP contribution >= 0.6 is 15.9 Å². The van der Waals surface area contributed by atoms with Crippen LogP contribution in [0.1, 0.15) is 44.9 Å². The summed E-state index contributed by atoms with van der Waals surface area (Å²) < 4.78 is 0.578. The van der Waals surface area contributed by atoms with Crippen molar-refractivity contribution in [3.8, 4) is 0 Å². The Kier molecular flexibility index (Phi) is 5.33. The lowest BCUT2D eigenvalue weighted by Crippen LogP contribution is -2.32. The fourth-order valence-electron chi connectivity index (χ4n) is 3.05. The molecule has 0 bridgehead atoms. The van der Waals surface area contributed by atoms with Gasteiger partial charge in [0.2, 0.25) is 5.91 Å². The van der Waals surface area contributed by atoms with Crippen molar-refractivity contribution in [1.29, 1.82) is 0 Å². The lowest BCUT2D eigenvalue weighted by molar-refractivity contribution is -0.140. The van der Waals surface area contributed by atoms with Crippen molar-refractivity contribution in [1.82, 2.24) is 4.98 Å². The van der Waals surface area contributed by atoms with E-state index >= 15 is 0 Å². The first-order chi connectivity index (χ1) is 10.0. The summed E-state index contributed by atoms with van der Waals surface area (Å²) >= 11 is 3.28. The van der Waals surface area contributed by atoms with Crippen LogP contribution in [0.25, 0.3) is 0 Å². The molecular weight excluding hydrogens is 336 g/mol. The van der Waals surface area contributed by atoms with Gasteiger partial charge in [0.1, 0.15) is 4.60 Å². The number of carbonyl (C=O) groups excluding carboxylic acids is 1. The smallest absolute Gasteiger partial charge is 0.303 e. The summed E-state index contributed by atoms with van der Waals surface area (Å²) in [5.74, 6) is -0.973. The third-order valence-electron chi connectivity index (χ3n) is 4.01. The Morgan fingerprint density at radius 2 is 2.00 bits per heavy atom. The number of nitrogens with zero attached hydrogens (tertiary/aromatic N) is 1. The highest BCUT2D eigenvalue weighted by molar-refractivity contribution is 9.10. The number of hydrogen-bond acceptors (Lipinski definition) is 3. The normalized spacial score (nSPS) is 17.2. The van der Waals surface area contributed by atoms with E-state index in [0.29, 0.717) is 10.3 Å². The number of carboxylic acids is 1. The second-order valence-electron chi connectivity index (χ2n) is 5.70. The molecule has 1 saturated carbocycles. The molecule has 0 spiro atoms. The van der Waals surface area contributed by atoms with E-state index in [-0.39, 0.29) is 18.7 Å². The van der Waals surface area contributed by atoms with Gasteiger partial charge in [-0.25, -0.2) is 4.98 Å². The zero-order valence-corrected chi connectivity index (χ0v) is 13.4. The maximum absolute atomic E-state index is 12.3. The summed E-state index contributed by atoms with van der Waals surface area (Å²) in [7, 11) is 0. The van der Waals surface area contributed by atoms with Crippen LogP contribution in [0.15, 0.2) is 22.9 Å². The van der Waals surface area contributed by atoms with Crippen molar-refractivity contribution in [2.24, 2.45) is 5.41 Å². The van der Waals surface area contributed by atoms with E-state index < -0.39 is 11.4 Å². The Labute approximate surface area is 132 Å². The van der Waals surface area contributed by atoms with Crippen LogP contribution in [0.4, 0.5) is 5.69 Å². The third-order valence-corrected chi connectivity index (χ3v) is 4.64. The minimum Gasteiger partial charge on any atom is -0.481 e. The van der Waals surface area contributed by atoms with Crippen LogP contribution in [0.2, 0.25) is 0 Å². The SMILES string of the molecule is O=C(O)CC1(CC(=O)Nc2cccnc2Br)CCCCC1. The van der Waals surface area contributed by atoms with E-state index in [1.165, 1.54) is 0 Å². The molecular formula is C15H19BrN2O3. The van der Waals surface area contributed by atoms with Crippen LogP contribution < -0.4 is 5.32 Å². The average Bonchev–Trinajstić information content (AvgIpc) is 2.41. The van der Waals surface area contributed by atoms with Gasteiger partial charge in [0, 0.05) is 12.6 Å². The Hall–Kier alpha value is -1.43. The molecule has 0 radical (unpaired) electrons. The van der Waals surface area contributed by atoms with Crippen molar-refractivity contribution in [2.75, 3.05) is 5.32 Å². The first-order valence-electron chi connectivity index (χ1n) is 7.13. The van der Waals surface area contributed by atoms with Crippen LogP contribution in [0.5, 0.6) is 0 Å². The van der Waals surface area contributed by atoms with Crippen LogP contribution in [0, 0.1) is 5.41 Å². The number of rotatable bonds is 5. The van der Waals surface area contributed by atoms with Gasteiger partial charge in [0.25, 0.3) is 0 Å². The van der Waals surface area contributed by atoms with Gasteiger partial charge >= 0.3 is 5.97 Å². The maximum atomic E-state index is 12.3. The largest absolute Gasteiger partial charge is 0.481 e. The molecule has 21 heavy (non-hydrogen) atoms. The van der Waals surface area contributed by atoms with Crippen LogP contribution in [-0.2, 0) is 9.59 Å². The average molecular weight is 355 g/mol. The van der Waals surface area contributed by atoms with Gasteiger partial charge in [-0.2, -0.15) is 0 Å². The Morgan fingerprint density at radius 1 is 1.29 bits per heavy atom. The minimum atomic E-state index is -0.827. The fourth-order valence-corrected chi connectivity index (χ4v) is 3.40. The molecule has 1 aliphatic rings. The first kappa shape index (κ1) is 15.9. The predicted octanol–water partition coefficient (Wildman–Crippen LogP) is 3.60. The topological polar surface area (TPSA) is 79.3 Å². The van der Waals surface area contributed by atoms with Crippen molar-refractivity contribution < 1.29 is 14.7 Å². The number of amides is 1. The van der Waals surface area contributed by atoms with E-state index in [1.807, 2.05) is 0 Å². The number of anilines is 1. The van der Waals surface area contributed by atoms with Gasteiger partial charge in [0.15, 0.2) is 0 Å². The number of aliphatic carboxylic acids is 1. The first-order valence-corrected chi connectivity index (χ1v) is 7.92. The number of aromatic nitrogens is 1. The molecule has 0 aliphatic heterocycles. The summed E-state index contributed by atoms with van der Waals surface area (Å²) in [5.41, 5.74) is 0.215. The molecule has 1 amide bonds. The molecule has 2 rings (SSSR count). The van der Waals surface area contributed by atoms with Crippen molar-refractivity contribution in [2.45, 2.75) is 44.9 Å². The monoisotopic (exact) mass is 354 g/mol. The molecule has 1 heterocycles. The number of carboxylic acid groups (broad SMARTS) is 1. The molecule has 0 atom stereocenters. The highest BCUT2D eigenvalue weighted by Gasteiger charge is 2.36. The number of halogens is 1. The van der Waals surface area contributed by atoms with E-state index in [1.54, 1.807) is 18.3 Å². The van der Waals surface area contributed by atoms with Gasteiger partial charge in [-0.1, -0.05) is 19.3 Å². The van der Waals surface area contributed by atoms with Crippen molar-refractivity contribution in [3.05, 3.63) is 22.9 Å². The number of carbonyl (C=O) groups is 2. The molecule has 114 valence electrons. The molecule has 5 nitrogen and oxygen atoms in total. The number of hydrogen-bond donors (Lipinski definition) is 2. The zero-order chi connectivity index (χ0) is 15.3. The molecule has 1 aromatic heterocycles. The van der Waals surface area contributed by atoms with E-state index in [9.17, 15) is 9.59 Å². The van der Waals surface area contributed by atoms with E-state index in [4.69, 9.17) is 5.11 Å². The van der Waals surface area contributed by atoms with E-state index in [0.717, 1.165) is 32.1 Å². The van der Waals surface area contributed by atoms with E-state index in [2.05, 4.69) is 26.2 Å². The van der Waals surface area contributed by atoms with Gasteiger partial charge in [-0.3, -0.25) is 9.59 Å². The van der Waals surface area contributed by atoms with Gasteiger partial charge in [0.05, 0.1) is 12.1 Å².